The predicted molar refractivity (Wildman–Crippen MR) is 98.8 cm³/mol. The lowest BCUT2D eigenvalue weighted by Gasteiger charge is -2.24. The van der Waals surface area contributed by atoms with Gasteiger partial charge in [-0.2, -0.15) is 0 Å². The Kier molecular flexibility index (Phi) is 4.29. The summed E-state index contributed by atoms with van der Waals surface area (Å²) in [5.41, 5.74) is 1.73. The van der Waals surface area contributed by atoms with Crippen LogP contribution in [0.15, 0.2) is 52.9 Å². The zero-order valence-electron chi connectivity index (χ0n) is 14.9. The molecule has 3 aromatic rings. The standard InChI is InChI=1S/C21H21NO4/c1-24-16-10-8-14(9-11-16)17-6-4-12-22(17)21(23)19-13-15-5-3-7-18(25-2)20(15)26-19/h3,5,7-11,13,17H,4,6,12H2,1-2H3. The van der Waals surface area contributed by atoms with E-state index in [9.17, 15) is 4.79 Å². The van der Waals surface area contributed by atoms with Gasteiger partial charge in [0, 0.05) is 11.9 Å². The summed E-state index contributed by atoms with van der Waals surface area (Å²) in [4.78, 5) is 15.0. The number of hydrogen-bond acceptors (Lipinski definition) is 4. The zero-order valence-corrected chi connectivity index (χ0v) is 14.9. The van der Waals surface area contributed by atoms with E-state index in [-0.39, 0.29) is 11.9 Å². The Morgan fingerprint density at radius 1 is 1.12 bits per heavy atom. The molecule has 0 N–H and O–H groups in total. The Labute approximate surface area is 152 Å². The maximum Gasteiger partial charge on any atom is 0.290 e. The van der Waals surface area contributed by atoms with Crippen molar-refractivity contribution in [3.8, 4) is 11.5 Å². The molecular weight excluding hydrogens is 330 g/mol. The molecule has 1 unspecified atom stereocenters. The number of rotatable bonds is 4. The first kappa shape index (κ1) is 16.5. The van der Waals surface area contributed by atoms with Gasteiger partial charge in [0.05, 0.1) is 20.3 Å². The second-order valence-electron chi connectivity index (χ2n) is 6.42. The van der Waals surface area contributed by atoms with E-state index in [1.165, 1.54) is 0 Å². The van der Waals surface area contributed by atoms with Crippen LogP contribution in [0.1, 0.15) is 35.0 Å². The van der Waals surface area contributed by atoms with Crippen molar-refractivity contribution in [2.75, 3.05) is 20.8 Å². The molecule has 1 fully saturated rings. The molecule has 0 radical (unpaired) electrons. The van der Waals surface area contributed by atoms with Crippen molar-refractivity contribution in [1.82, 2.24) is 4.90 Å². The van der Waals surface area contributed by atoms with Gasteiger partial charge in [-0.1, -0.05) is 24.3 Å². The van der Waals surface area contributed by atoms with Gasteiger partial charge in [-0.15, -0.1) is 0 Å². The number of benzene rings is 2. The van der Waals surface area contributed by atoms with E-state index in [2.05, 4.69) is 0 Å². The highest BCUT2D eigenvalue weighted by molar-refractivity contribution is 5.97. The first-order valence-corrected chi connectivity index (χ1v) is 8.72. The molecule has 26 heavy (non-hydrogen) atoms. The summed E-state index contributed by atoms with van der Waals surface area (Å²) in [7, 11) is 3.25. The number of ether oxygens (including phenoxy) is 2. The van der Waals surface area contributed by atoms with Crippen LogP contribution in [-0.2, 0) is 0 Å². The van der Waals surface area contributed by atoms with Gasteiger partial charge in [0.25, 0.3) is 5.91 Å². The molecule has 1 amide bonds. The molecule has 1 aliphatic rings. The second-order valence-corrected chi connectivity index (χ2v) is 6.42. The molecule has 1 atom stereocenters. The van der Waals surface area contributed by atoms with Gasteiger partial charge in [-0.25, -0.2) is 0 Å². The van der Waals surface area contributed by atoms with Gasteiger partial charge < -0.3 is 18.8 Å². The van der Waals surface area contributed by atoms with Crippen molar-refractivity contribution < 1.29 is 18.7 Å². The van der Waals surface area contributed by atoms with Gasteiger partial charge in [0.1, 0.15) is 5.75 Å². The lowest BCUT2D eigenvalue weighted by atomic mass is 10.0. The van der Waals surface area contributed by atoms with E-state index in [4.69, 9.17) is 13.9 Å². The number of methoxy groups -OCH3 is 2. The summed E-state index contributed by atoms with van der Waals surface area (Å²) in [6, 6.07) is 15.4. The molecule has 2 aromatic carbocycles. The van der Waals surface area contributed by atoms with Crippen molar-refractivity contribution in [3.05, 3.63) is 59.9 Å². The maximum atomic E-state index is 13.1. The van der Waals surface area contributed by atoms with Gasteiger partial charge >= 0.3 is 0 Å². The number of carbonyl (C=O) groups excluding carboxylic acids is 1. The molecule has 4 rings (SSSR count). The van der Waals surface area contributed by atoms with Crippen molar-refractivity contribution in [2.45, 2.75) is 18.9 Å². The van der Waals surface area contributed by atoms with Gasteiger partial charge in [0.2, 0.25) is 0 Å². The van der Waals surface area contributed by atoms with Crippen molar-refractivity contribution >= 4 is 16.9 Å². The molecule has 1 saturated heterocycles. The summed E-state index contributed by atoms with van der Waals surface area (Å²) in [6.45, 7) is 0.726. The van der Waals surface area contributed by atoms with E-state index in [1.54, 1.807) is 20.3 Å². The third-order valence-electron chi connectivity index (χ3n) is 4.95. The summed E-state index contributed by atoms with van der Waals surface area (Å²) >= 11 is 0. The highest BCUT2D eigenvalue weighted by atomic mass is 16.5. The van der Waals surface area contributed by atoms with Crippen LogP contribution < -0.4 is 9.47 Å². The summed E-state index contributed by atoms with van der Waals surface area (Å²) in [6.07, 6.45) is 1.92. The molecule has 5 nitrogen and oxygen atoms in total. The predicted octanol–water partition coefficient (Wildman–Crippen LogP) is 4.43. The number of likely N-dealkylation sites (tertiary alicyclic amines) is 1. The normalized spacial score (nSPS) is 16.8. The highest BCUT2D eigenvalue weighted by Crippen LogP contribution is 2.35. The van der Waals surface area contributed by atoms with Crippen LogP contribution in [0.4, 0.5) is 0 Å². The van der Waals surface area contributed by atoms with Crippen LogP contribution >= 0.6 is 0 Å². The summed E-state index contributed by atoms with van der Waals surface area (Å²) in [5.74, 6) is 1.72. The number of para-hydroxylation sites is 1. The minimum absolute atomic E-state index is 0.0588. The van der Waals surface area contributed by atoms with Crippen LogP contribution in [0.25, 0.3) is 11.0 Å². The average molecular weight is 351 g/mol. The second kappa shape index (κ2) is 6.75. The lowest BCUT2D eigenvalue weighted by molar-refractivity contribution is 0.0705. The monoisotopic (exact) mass is 351 g/mol. The third-order valence-corrected chi connectivity index (χ3v) is 4.95. The fraction of sp³-hybridized carbons (Fsp3) is 0.286. The molecule has 134 valence electrons. The molecule has 0 bridgehead atoms. The minimum atomic E-state index is -0.0819. The van der Waals surface area contributed by atoms with E-state index in [1.807, 2.05) is 47.4 Å². The van der Waals surface area contributed by atoms with Gasteiger partial charge in [-0.3, -0.25) is 4.79 Å². The number of hydrogen-bond donors (Lipinski definition) is 0. The Morgan fingerprint density at radius 2 is 1.92 bits per heavy atom. The molecule has 0 saturated carbocycles. The maximum absolute atomic E-state index is 13.1. The molecule has 0 spiro atoms. The van der Waals surface area contributed by atoms with Crippen LogP contribution in [0, 0.1) is 0 Å². The summed E-state index contributed by atoms with van der Waals surface area (Å²) in [5, 5.41) is 0.868. The highest BCUT2D eigenvalue weighted by Gasteiger charge is 2.32. The Hall–Kier alpha value is -2.95. The molecule has 0 aliphatic carbocycles. The van der Waals surface area contributed by atoms with Crippen LogP contribution in [-0.4, -0.2) is 31.6 Å². The third kappa shape index (κ3) is 2.79. The number of carbonyl (C=O) groups is 1. The number of furan rings is 1. The van der Waals surface area contributed by atoms with Crippen molar-refractivity contribution in [3.63, 3.8) is 0 Å². The SMILES string of the molecule is COc1ccc(C2CCCN2C(=O)c2cc3cccc(OC)c3o2)cc1. The minimum Gasteiger partial charge on any atom is -0.497 e. The summed E-state index contributed by atoms with van der Waals surface area (Å²) < 4.78 is 16.4. The molecule has 2 heterocycles. The van der Waals surface area contributed by atoms with E-state index in [0.717, 1.165) is 36.1 Å². The molecule has 1 aliphatic heterocycles. The van der Waals surface area contributed by atoms with E-state index in [0.29, 0.717) is 17.1 Å². The van der Waals surface area contributed by atoms with E-state index < -0.39 is 0 Å². The molecule has 5 heteroatoms. The fourth-order valence-corrected chi connectivity index (χ4v) is 3.63. The Morgan fingerprint density at radius 3 is 2.65 bits per heavy atom. The first-order valence-electron chi connectivity index (χ1n) is 8.72. The lowest BCUT2D eigenvalue weighted by Crippen LogP contribution is -2.30. The zero-order chi connectivity index (χ0) is 18.1. The topological polar surface area (TPSA) is 51.9 Å². The van der Waals surface area contributed by atoms with Gasteiger partial charge in [-0.05, 0) is 42.7 Å². The Balaban J connectivity index is 1.64. The molecular formula is C21H21NO4. The molecule has 1 aromatic heterocycles. The fourth-order valence-electron chi connectivity index (χ4n) is 3.63. The largest absolute Gasteiger partial charge is 0.497 e. The first-order chi connectivity index (χ1) is 12.7. The average Bonchev–Trinajstić information content (AvgIpc) is 3.34. The van der Waals surface area contributed by atoms with Crippen molar-refractivity contribution in [1.29, 1.82) is 0 Å². The number of fused-ring (bicyclic) bond motifs is 1. The van der Waals surface area contributed by atoms with Crippen LogP contribution in [0.3, 0.4) is 0 Å². The van der Waals surface area contributed by atoms with Crippen LogP contribution in [0.5, 0.6) is 11.5 Å². The number of amides is 1. The van der Waals surface area contributed by atoms with E-state index >= 15 is 0 Å². The quantitative estimate of drug-likeness (QED) is 0.698. The van der Waals surface area contributed by atoms with Crippen LogP contribution in [0.2, 0.25) is 0 Å². The Bertz CT molecular complexity index is 929. The number of nitrogens with zero attached hydrogens (tertiary/aromatic N) is 1. The smallest absolute Gasteiger partial charge is 0.290 e. The van der Waals surface area contributed by atoms with Gasteiger partial charge in [0.15, 0.2) is 17.1 Å². The van der Waals surface area contributed by atoms with Crippen molar-refractivity contribution in [2.24, 2.45) is 0 Å².